The van der Waals surface area contributed by atoms with Crippen molar-refractivity contribution in [2.45, 2.75) is 45.6 Å². The quantitative estimate of drug-likeness (QED) is 0.741. The molecule has 5 nitrogen and oxygen atoms in total. The molecule has 0 amide bonds. The predicted octanol–water partition coefficient (Wildman–Crippen LogP) is 2.59. The van der Waals surface area contributed by atoms with Crippen LogP contribution in [-0.2, 0) is 4.74 Å². The molecule has 0 aromatic carbocycles. The van der Waals surface area contributed by atoms with E-state index in [0.717, 1.165) is 37.2 Å². The van der Waals surface area contributed by atoms with Crippen LogP contribution in [0.25, 0.3) is 0 Å². The van der Waals surface area contributed by atoms with Crippen LogP contribution in [0.2, 0.25) is 0 Å². The van der Waals surface area contributed by atoms with Crippen molar-refractivity contribution >= 4 is 11.6 Å². The number of nitrogens with one attached hydrogen (secondary N) is 2. The number of hydrogen-bond donors (Lipinski definition) is 2. The molecule has 1 heterocycles. The van der Waals surface area contributed by atoms with Crippen LogP contribution in [-0.4, -0.2) is 35.8 Å². The maximum Gasteiger partial charge on any atom is 0.131 e. The van der Waals surface area contributed by atoms with E-state index in [0.29, 0.717) is 6.10 Å². The minimum atomic E-state index is 0.478. The van der Waals surface area contributed by atoms with E-state index >= 15 is 0 Å². The SMILES string of the molecule is CCNc1cc(NCCOC2CCCC2)nc(C)n1. The number of aromatic nitrogens is 2. The van der Waals surface area contributed by atoms with Crippen molar-refractivity contribution in [2.24, 2.45) is 0 Å². The minimum absolute atomic E-state index is 0.478. The minimum Gasteiger partial charge on any atom is -0.376 e. The van der Waals surface area contributed by atoms with Gasteiger partial charge in [-0.2, -0.15) is 0 Å². The zero-order valence-electron chi connectivity index (χ0n) is 11.9. The van der Waals surface area contributed by atoms with Crippen molar-refractivity contribution in [2.75, 3.05) is 30.3 Å². The van der Waals surface area contributed by atoms with Gasteiger partial charge in [0, 0.05) is 19.2 Å². The molecule has 0 radical (unpaired) electrons. The van der Waals surface area contributed by atoms with Crippen LogP contribution in [0.15, 0.2) is 6.07 Å². The summed E-state index contributed by atoms with van der Waals surface area (Å²) in [5, 5.41) is 6.49. The zero-order chi connectivity index (χ0) is 13.5. The van der Waals surface area contributed by atoms with Crippen LogP contribution < -0.4 is 10.6 Å². The van der Waals surface area contributed by atoms with Gasteiger partial charge in [-0.1, -0.05) is 12.8 Å². The van der Waals surface area contributed by atoms with Gasteiger partial charge in [-0.05, 0) is 26.7 Å². The molecule has 0 spiro atoms. The normalized spacial score (nSPS) is 15.7. The molecule has 1 aromatic heterocycles. The Hall–Kier alpha value is -1.36. The maximum absolute atomic E-state index is 5.81. The summed E-state index contributed by atoms with van der Waals surface area (Å²) >= 11 is 0. The van der Waals surface area contributed by atoms with E-state index in [-0.39, 0.29) is 0 Å². The van der Waals surface area contributed by atoms with Gasteiger partial charge in [0.2, 0.25) is 0 Å². The summed E-state index contributed by atoms with van der Waals surface area (Å²) < 4.78 is 5.81. The molecule has 0 aliphatic heterocycles. The molecule has 0 bridgehead atoms. The average molecular weight is 264 g/mol. The van der Waals surface area contributed by atoms with Gasteiger partial charge in [-0.25, -0.2) is 9.97 Å². The van der Waals surface area contributed by atoms with E-state index < -0.39 is 0 Å². The molecule has 0 unspecified atom stereocenters. The molecular weight excluding hydrogens is 240 g/mol. The number of hydrogen-bond acceptors (Lipinski definition) is 5. The lowest BCUT2D eigenvalue weighted by atomic mass is 10.3. The summed E-state index contributed by atoms with van der Waals surface area (Å²) in [4.78, 5) is 8.69. The Bertz CT molecular complexity index is 391. The van der Waals surface area contributed by atoms with Gasteiger partial charge < -0.3 is 15.4 Å². The topological polar surface area (TPSA) is 59.1 Å². The van der Waals surface area contributed by atoms with Crippen LogP contribution in [0.4, 0.5) is 11.6 Å². The van der Waals surface area contributed by atoms with E-state index in [4.69, 9.17) is 4.74 Å². The van der Waals surface area contributed by atoms with E-state index in [9.17, 15) is 0 Å². The van der Waals surface area contributed by atoms with Crippen LogP contribution >= 0.6 is 0 Å². The van der Waals surface area contributed by atoms with E-state index in [2.05, 4.69) is 27.5 Å². The smallest absolute Gasteiger partial charge is 0.131 e. The van der Waals surface area contributed by atoms with Gasteiger partial charge >= 0.3 is 0 Å². The van der Waals surface area contributed by atoms with Crippen LogP contribution in [0.5, 0.6) is 0 Å². The van der Waals surface area contributed by atoms with Gasteiger partial charge in [-0.15, -0.1) is 0 Å². The highest BCUT2D eigenvalue weighted by atomic mass is 16.5. The van der Waals surface area contributed by atoms with Crippen LogP contribution in [0.1, 0.15) is 38.4 Å². The van der Waals surface area contributed by atoms with Crippen molar-refractivity contribution in [3.63, 3.8) is 0 Å². The lowest BCUT2D eigenvalue weighted by Gasteiger charge is -2.12. The fraction of sp³-hybridized carbons (Fsp3) is 0.714. The number of anilines is 2. The standard InChI is InChI=1S/C14H24N4O/c1-3-15-13-10-14(18-11(2)17-13)16-8-9-19-12-6-4-5-7-12/h10,12H,3-9H2,1-2H3,(H2,15,16,17,18). The molecule has 106 valence electrons. The molecule has 2 N–H and O–H groups in total. The fourth-order valence-corrected chi connectivity index (χ4v) is 2.39. The Balaban J connectivity index is 1.75. The van der Waals surface area contributed by atoms with Gasteiger partial charge in [0.1, 0.15) is 17.5 Å². The Kier molecular flexibility index (Phi) is 5.39. The highest BCUT2D eigenvalue weighted by molar-refractivity contribution is 5.47. The third kappa shape index (κ3) is 4.67. The first-order valence-corrected chi connectivity index (χ1v) is 7.23. The number of rotatable bonds is 7. The van der Waals surface area contributed by atoms with Crippen LogP contribution in [0.3, 0.4) is 0 Å². The fourth-order valence-electron chi connectivity index (χ4n) is 2.39. The summed E-state index contributed by atoms with van der Waals surface area (Å²) in [7, 11) is 0. The first kappa shape index (κ1) is 14.1. The molecule has 19 heavy (non-hydrogen) atoms. The summed E-state index contributed by atoms with van der Waals surface area (Å²) in [5.74, 6) is 2.50. The second-order valence-corrected chi connectivity index (χ2v) is 4.92. The van der Waals surface area contributed by atoms with E-state index in [1.165, 1.54) is 25.7 Å². The van der Waals surface area contributed by atoms with Crippen molar-refractivity contribution < 1.29 is 4.74 Å². The number of aryl methyl sites for hydroxylation is 1. The second kappa shape index (κ2) is 7.28. The Morgan fingerprint density at radius 2 is 1.89 bits per heavy atom. The lowest BCUT2D eigenvalue weighted by Crippen LogP contribution is -2.16. The molecule has 1 fully saturated rings. The van der Waals surface area contributed by atoms with Crippen molar-refractivity contribution in [1.82, 2.24) is 9.97 Å². The molecule has 5 heteroatoms. The molecule has 1 aromatic rings. The average Bonchev–Trinajstić information content (AvgIpc) is 2.87. The molecular formula is C14H24N4O. The first-order valence-electron chi connectivity index (χ1n) is 7.23. The van der Waals surface area contributed by atoms with Crippen molar-refractivity contribution in [3.05, 3.63) is 11.9 Å². The maximum atomic E-state index is 5.81. The number of nitrogens with zero attached hydrogens (tertiary/aromatic N) is 2. The molecule has 2 rings (SSSR count). The van der Waals surface area contributed by atoms with Crippen LogP contribution in [0, 0.1) is 6.92 Å². The molecule has 0 atom stereocenters. The van der Waals surface area contributed by atoms with Gasteiger partial charge in [0.05, 0.1) is 12.7 Å². The second-order valence-electron chi connectivity index (χ2n) is 4.92. The zero-order valence-corrected chi connectivity index (χ0v) is 11.9. The Labute approximate surface area is 115 Å². The number of ether oxygens (including phenoxy) is 1. The molecule has 1 aliphatic carbocycles. The Morgan fingerprint density at radius 3 is 2.58 bits per heavy atom. The highest BCUT2D eigenvalue weighted by Gasteiger charge is 2.14. The van der Waals surface area contributed by atoms with Crippen molar-refractivity contribution in [3.8, 4) is 0 Å². The highest BCUT2D eigenvalue weighted by Crippen LogP contribution is 2.20. The largest absolute Gasteiger partial charge is 0.376 e. The first-order chi connectivity index (χ1) is 9.28. The predicted molar refractivity (Wildman–Crippen MR) is 77.6 cm³/mol. The van der Waals surface area contributed by atoms with Gasteiger partial charge in [0.25, 0.3) is 0 Å². The molecule has 1 saturated carbocycles. The summed E-state index contributed by atoms with van der Waals surface area (Å²) in [6, 6.07) is 1.94. The summed E-state index contributed by atoms with van der Waals surface area (Å²) in [6.45, 7) is 6.35. The van der Waals surface area contributed by atoms with Crippen molar-refractivity contribution in [1.29, 1.82) is 0 Å². The summed E-state index contributed by atoms with van der Waals surface area (Å²) in [5.41, 5.74) is 0. The van der Waals surface area contributed by atoms with Gasteiger partial charge in [0.15, 0.2) is 0 Å². The van der Waals surface area contributed by atoms with E-state index in [1.54, 1.807) is 0 Å². The molecule has 0 saturated heterocycles. The summed E-state index contributed by atoms with van der Waals surface area (Å²) in [6.07, 6.45) is 5.55. The third-order valence-electron chi connectivity index (χ3n) is 3.26. The van der Waals surface area contributed by atoms with E-state index in [1.807, 2.05) is 13.0 Å². The molecule has 1 aliphatic rings. The van der Waals surface area contributed by atoms with Gasteiger partial charge in [-0.3, -0.25) is 0 Å². The monoisotopic (exact) mass is 264 g/mol. The third-order valence-corrected chi connectivity index (χ3v) is 3.26. The Morgan fingerprint density at radius 1 is 1.21 bits per heavy atom. The lowest BCUT2D eigenvalue weighted by molar-refractivity contribution is 0.0658.